The number of aryl methyl sites for hydroxylation is 1. The molecule has 1 aliphatic heterocycles. The van der Waals surface area contributed by atoms with Crippen molar-refractivity contribution in [3.8, 4) is 0 Å². The topological polar surface area (TPSA) is 48.1 Å². The lowest BCUT2D eigenvalue weighted by molar-refractivity contribution is 0.0667. The third-order valence-corrected chi connectivity index (χ3v) is 5.12. The van der Waals surface area contributed by atoms with Crippen LogP contribution in [-0.2, 0) is 0 Å². The average molecular weight is 317 g/mol. The summed E-state index contributed by atoms with van der Waals surface area (Å²) in [4.78, 5) is 18.6. The summed E-state index contributed by atoms with van der Waals surface area (Å²) < 4.78 is 0. The number of rotatable bonds is 2. The van der Waals surface area contributed by atoms with Crippen LogP contribution >= 0.6 is 0 Å². The van der Waals surface area contributed by atoms with E-state index in [2.05, 4.69) is 35.4 Å². The maximum Gasteiger partial charge on any atom is 0.258 e. The molecular formula is C20H19N3O. The minimum absolute atomic E-state index is 0.115. The third-order valence-electron chi connectivity index (χ3n) is 5.12. The molecule has 0 unspecified atom stereocenters. The van der Waals surface area contributed by atoms with Gasteiger partial charge in [0.25, 0.3) is 5.91 Å². The lowest BCUT2D eigenvalue weighted by Crippen LogP contribution is -2.44. The summed E-state index contributed by atoms with van der Waals surface area (Å²) in [5.74, 6) is 0.140. The zero-order chi connectivity index (χ0) is 16.3. The van der Waals surface area contributed by atoms with Crippen molar-refractivity contribution >= 4 is 22.5 Å². The first-order valence-corrected chi connectivity index (χ1v) is 8.49. The quantitative estimate of drug-likeness (QED) is 0.744. The van der Waals surface area contributed by atoms with Crippen LogP contribution in [0, 0.1) is 6.92 Å². The monoisotopic (exact) mass is 317 g/mol. The zero-order valence-electron chi connectivity index (χ0n) is 13.5. The summed E-state index contributed by atoms with van der Waals surface area (Å²) in [6.45, 7) is 2.09. The van der Waals surface area contributed by atoms with Gasteiger partial charge in [-0.3, -0.25) is 4.79 Å². The molecule has 4 heteroatoms. The van der Waals surface area contributed by atoms with Gasteiger partial charge < -0.3 is 15.2 Å². The second kappa shape index (κ2) is 4.87. The average Bonchev–Trinajstić information content (AvgIpc) is 3.36. The fourth-order valence-electron chi connectivity index (χ4n) is 3.86. The molecule has 120 valence electrons. The van der Waals surface area contributed by atoms with E-state index in [1.807, 2.05) is 35.2 Å². The predicted octanol–water partition coefficient (Wildman–Crippen LogP) is 4.21. The summed E-state index contributed by atoms with van der Waals surface area (Å²) in [6.07, 6.45) is 2.07. The molecule has 0 bridgehead atoms. The van der Waals surface area contributed by atoms with Crippen molar-refractivity contribution in [1.82, 2.24) is 9.88 Å². The van der Waals surface area contributed by atoms with Gasteiger partial charge in [0.1, 0.15) is 6.17 Å². The highest BCUT2D eigenvalue weighted by molar-refractivity contribution is 6.02. The number of benzene rings is 2. The molecule has 5 rings (SSSR count). The molecular weight excluding hydrogens is 298 g/mol. The number of nitrogens with zero attached hydrogens (tertiary/aromatic N) is 1. The Morgan fingerprint density at radius 2 is 1.79 bits per heavy atom. The number of aromatic nitrogens is 1. The fraction of sp³-hybridized carbons (Fsp3) is 0.250. The Hall–Kier alpha value is -2.75. The summed E-state index contributed by atoms with van der Waals surface area (Å²) >= 11 is 0. The molecule has 4 nitrogen and oxygen atoms in total. The van der Waals surface area contributed by atoms with Crippen LogP contribution in [0.4, 0.5) is 5.69 Å². The van der Waals surface area contributed by atoms with Crippen molar-refractivity contribution in [3.05, 3.63) is 65.4 Å². The number of carbonyl (C=O) groups excluding carboxylic acids is 1. The first-order chi connectivity index (χ1) is 11.7. The van der Waals surface area contributed by atoms with E-state index in [0.717, 1.165) is 35.3 Å². The molecule has 0 saturated heterocycles. The number of aromatic amines is 1. The van der Waals surface area contributed by atoms with Gasteiger partial charge in [0.15, 0.2) is 0 Å². The highest BCUT2D eigenvalue weighted by Crippen LogP contribution is 2.43. The zero-order valence-corrected chi connectivity index (χ0v) is 13.5. The van der Waals surface area contributed by atoms with Crippen molar-refractivity contribution in [3.63, 3.8) is 0 Å². The maximum absolute atomic E-state index is 13.1. The number of fused-ring (bicyclic) bond motifs is 2. The number of para-hydroxylation sites is 2. The molecule has 3 aromatic rings. The third kappa shape index (κ3) is 1.89. The van der Waals surface area contributed by atoms with E-state index in [9.17, 15) is 4.79 Å². The van der Waals surface area contributed by atoms with Gasteiger partial charge in [0.2, 0.25) is 0 Å². The molecule has 0 spiro atoms. The normalized spacial score (nSPS) is 20.1. The Morgan fingerprint density at radius 3 is 2.62 bits per heavy atom. The molecule has 1 atom stereocenters. The fourth-order valence-corrected chi connectivity index (χ4v) is 3.86. The van der Waals surface area contributed by atoms with Crippen LogP contribution in [0.2, 0.25) is 0 Å². The van der Waals surface area contributed by atoms with E-state index in [4.69, 9.17) is 0 Å². The van der Waals surface area contributed by atoms with E-state index in [1.54, 1.807) is 0 Å². The van der Waals surface area contributed by atoms with E-state index >= 15 is 0 Å². The first-order valence-electron chi connectivity index (χ1n) is 8.49. The second-order valence-electron chi connectivity index (χ2n) is 6.75. The number of carbonyl (C=O) groups is 1. The van der Waals surface area contributed by atoms with Gasteiger partial charge in [-0.25, -0.2) is 0 Å². The molecule has 24 heavy (non-hydrogen) atoms. The smallest absolute Gasteiger partial charge is 0.258 e. The Balaban J connectivity index is 1.71. The first kappa shape index (κ1) is 13.7. The van der Waals surface area contributed by atoms with Gasteiger partial charge in [-0.05, 0) is 38.0 Å². The van der Waals surface area contributed by atoms with Crippen LogP contribution in [-0.4, -0.2) is 21.8 Å². The van der Waals surface area contributed by atoms with Gasteiger partial charge >= 0.3 is 0 Å². The standard InChI is InChI=1S/C20H19N3O/c1-12-18(14-6-2-4-8-16(14)21-12)19-22-17-9-5-3-7-15(17)20(24)23(19)13-10-11-13/h2-9,13,19,21-22H,10-11H2,1H3/t19-/m0/s1. The van der Waals surface area contributed by atoms with E-state index in [-0.39, 0.29) is 12.1 Å². The summed E-state index contributed by atoms with van der Waals surface area (Å²) in [6, 6.07) is 16.5. The molecule has 1 saturated carbocycles. The number of nitrogens with one attached hydrogen (secondary N) is 2. The van der Waals surface area contributed by atoms with Gasteiger partial charge in [-0.2, -0.15) is 0 Å². The number of hydrogen-bond acceptors (Lipinski definition) is 2. The van der Waals surface area contributed by atoms with Crippen LogP contribution in [0.25, 0.3) is 10.9 Å². The summed E-state index contributed by atoms with van der Waals surface area (Å²) in [7, 11) is 0. The molecule has 2 aromatic carbocycles. The Kier molecular flexibility index (Phi) is 2.77. The highest BCUT2D eigenvalue weighted by Gasteiger charge is 2.43. The van der Waals surface area contributed by atoms with Crippen molar-refractivity contribution < 1.29 is 4.79 Å². The van der Waals surface area contributed by atoms with E-state index in [0.29, 0.717) is 6.04 Å². The minimum atomic E-state index is -0.115. The van der Waals surface area contributed by atoms with Gasteiger partial charge in [0.05, 0.1) is 5.56 Å². The SMILES string of the molecule is Cc1[nH]c2ccccc2c1[C@H]1Nc2ccccc2C(=O)N1C1CC1. The Bertz CT molecular complexity index is 954. The highest BCUT2D eigenvalue weighted by atomic mass is 16.2. The van der Waals surface area contributed by atoms with Crippen molar-refractivity contribution in [1.29, 1.82) is 0 Å². The largest absolute Gasteiger partial charge is 0.361 e. The van der Waals surface area contributed by atoms with Crippen LogP contribution in [0.1, 0.15) is 40.6 Å². The lowest BCUT2D eigenvalue weighted by Gasteiger charge is -2.38. The number of H-pyrrole nitrogens is 1. The van der Waals surface area contributed by atoms with Crippen molar-refractivity contribution in [2.45, 2.75) is 32.0 Å². The molecule has 2 N–H and O–H groups in total. The molecule has 0 radical (unpaired) electrons. The second-order valence-corrected chi connectivity index (χ2v) is 6.75. The van der Waals surface area contributed by atoms with E-state index < -0.39 is 0 Å². The van der Waals surface area contributed by atoms with Crippen LogP contribution in [0.5, 0.6) is 0 Å². The Morgan fingerprint density at radius 1 is 1.04 bits per heavy atom. The van der Waals surface area contributed by atoms with Crippen molar-refractivity contribution in [2.24, 2.45) is 0 Å². The van der Waals surface area contributed by atoms with Crippen LogP contribution < -0.4 is 5.32 Å². The van der Waals surface area contributed by atoms with Gasteiger partial charge in [-0.15, -0.1) is 0 Å². The van der Waals surface area contributed by atoms with Crippen molar-refractivity contribution in [2.75, 3.05) is 5.32 Å². The van der Waals surface area contributed by atoms with Crippen LogP contribution in [0.3, 0.4) is 0 Å². The number of anilines is 1. The molecule has 1 fully saturated rings. The maximum atomic E-state index is 13.1. The summed E-state index contributed by atoms with van der Waals surface area (Å²) in [5, 5.41) is 4.80. The lowest BCUT2D eigenvalue weighted by atomic mass is 10.0. The molecule has 1 aliphatic carbocycles. The van der Waals surface area contributed by atoms with Gasteiger partial charge in [-0.1, -0.05) is 30.3 Å². The molecule has 1 aromatic heterocycles. The molecule has 2 aliphatic rings. The summed E-state index contributed by atoms with van der Waals surface area (Å²) in [5.41, 5.74) is 5.12. The molecule has 1 amide bonds. The minimum Gasteiger partial charge on any atom is -0.361 e. The predicted molar refractivity (Wildman–Crippen MR) is 95.0 cm³/mol. The van der Waals surface area contributed by atoms with E-state index in [1.165, 1.54) is 10.9 Å². The number of amides is 1. The van der Waals surface area contributed by atoms with Gasteiger partial charge in [0, 0.05) is 33.9 Å². The molecule has 2 heterocycles. The van der Waals surface area contributed by atoms with Crippen LogP contribution in [0.15, 0.2) is 48.5 Å². The number of hydrogen-bond donors (Lipinski definition) is 2. The Labute approximate surface area is 140 Å².